The predicted molar refractivity (Wildman–Crippen MR) is 133 cm³/mol. The Balaban J connectivity index is 1.35. The van der Waals surface area contributed by atoms with Gasteiger partial charge in [-0.2, -0.15) is 0 Å². The Bertz CT molecular complexity index is 691. The van der Waals surface area contributed by atoms with Crippen LogP contribution in [0.3, 0.4) is 0 Å². The fraction of sp³-hybridized carbons (Fsp3) is 0.720. The van der Waals surface area contributed by atoms with Gasteiger partial charge in [0.05, 0.1) is 19.8 Å². The number of likely N-dealkylation sites (tertiary alicyclic amines) is 1. The normalized spacial score (nSPS) is 20.2. The van der Waals surface area contributed by atoms with Crippen molar-refractivity contribution in [3.8, 4) is 0 Å². The molecule has 2 fully saturated rings. The van der Waals surface area contributed by atoms with Gasteiger partial charge < -0.3 is 24.6 Å². The Hall–Kier alpha value is -1.83. The van der Waals surface area contributed by atoms with E-state index in [4.69, 9.17) is 14.5 Å². The molecule has 7 nitrogen and oxygen atoms in total. The minimum atomic E-state index is 0.584. The van der Waals surface area contributed by atoms with Crippen molar-refractivity contribution in [1.82, 2.24) is 15.1 Å². The average molecular weight is 446 g/mol. The van der Waals surface area contributed by atoms with Crippen LogP contribution in [-0.4, -0.2) is 102 Å². The van der Waals surface area contributed by atoms with Gasteiger partial charge in [-0.3, -0.25) is 9.89 Å². The summed E-state index contributed by atoms with van der Waals surface area (Å²) in [4.78, 5) is 12.4. The van der Waals surface area contributed by atoms with Crippen LogP contribution in [0.1, 0.15) is 25.3 Å². The monoisotopic (exact) mass is 445 g/mol. The number of anilines is 1. The molecule has 1 unspecified atom stereocenters. The second-order valence-electron chi connectivity index (χ2n) is 8.93. The van der Waals surface area contributed by atoms with Crippen molar-refractivity contribution >= 4 is 11.6 Å². The largest absolute Gasteiger partial charge is 0.382 e. The van der Waals surface area contributed by atoms with Crippen LogP contribution in [-0.2, 0) is 9.47 Å². The maximum absolute atomic E-state index is 5.73. The van der Waals surface area contributed by atoms with Crippen LogP contribution in [0, 0.1) is 12.8 Å². The van der Waals surface area contributed by atoms with E-state index in [1.54, 1.807) is 7.11 Å². The number of hydrogen-bond acceptors (Lipinski definition) is 5. The molecule has 1 aromatic carbocycles. The first-order valence-electron chi connectivity index (χ1n) is 12.3. The summed E-state index contributed by atoms with van der Waals surface area (Å²) in [7, 11) is 1.71. The van der Waals surface area contributed by atoms with Gasteiger partial charge in [-0.1, -0.05) is 12.1 Å². The minimum Gasteiger partial charge on any atom is -0.382 e. The van der Waals surface area contributed by atoms with Crippen LogP contribution in [0.5, 0.6) is 0 Å². The number of guanidine groups is 1. The maximum Gasteiger partial charge on any atom is 0.193 e. The molecule has 180 valence electrons. The van der Waals surface area contributed by atoms with Gasteiger partial charge >= 0.3 is 0 Å². The highest BCUT2D eigenvalue weighted by Gasteiger charge is 2.25. The van der Waals surface area contributed by atoms with E-state index in [1.165, 1.54) is 17.7 Å². The number of rotatable bonds is 11. The number of aliphatic imine (C=N–C) groups is 1. The van der Waals surface area contributed by atoms with Gasteiger partial charge in [-0.05, 0) is 44.4 Å². The highest BCUT2D eigenvalue weighted by molar-refractivity contribution is 5.80. The molecule has 1 N–H and O–H groups in total. The highest BCUT2D eigenvalue weighted by Crippen LogP contribution is 2.18. The van der Waals surface area contributed by atoms with Gasteiger partial charge in [-0.25, -0.2) is 0 Å². The number of nitrogens with zero attached hydrogens (tertiary/aromatic N) is 4. The van der Waals surface area contributed by atoms with E-state index in [2.05, 4.69) is 58.1 Å². The Morgan fingerprint density at radius 1 is 1.16 bits per heavy atom. The first-order valence-corrected chi connectivity index (χ1v) is 12.3. The molecule has 0 amide bonds. The molecule has 0 aliphatic carbocycles. The Kier molecular flexibility index (Phi) is 10.6. The van der Waals surface area contributed by atoms with E-state index in [9.17, 15) is 0 Å². The van der Waals surface area contributed by atoms with Gasteiger partial charge in [0.2, 0.25) is 0 Å². The van der Waals surface area contributed by atoms with Gasteiger partial charge in [0.1, 0.15) is 0 Å². The summed E-state index contributed by atoms with van der Waals surface area (Å²) in [5.74, 6) is 1.65. The standard InChI is InChI=1S/C25H43N5O2/c1-4-26-25(30-12-9-23(20-30)21-32-18-17-31-3)27-10-6-11-28-13-15-29(16-14-28)24-8-5-7-22(2)19-24/h5,7-8,19,23H,4,6,9-18,20-21H2,1-3H3,(H,26,27). The zero-order chi connectivity index (χ0) is 22.6. The number of nitrogens with one attached hydrogen (secondary N) is 1. The Morgan fingerprint density at radius 2 is 2.00 bits per heavy atom. The summed E-state index contributed by atoms with van der Waals surface area (Å²) >= 11 is 0. The van der Waals surface area contributed by atoms with E-state index in [-0.39, 0.29) is 0 Å². The molecule has 1 aromatic rings. The topological polar surface area (TPSA) is 52.6 Å². The van der Waals surface area contributed by atoms with Gasteiger partial charge in [0.25, 0.3) is 0 Å². The summed E-state index contributed by atoms with van der Waals surface area (Å²) < 4.78 is 10.8. The molecule has 2 aliphatic heterocycles. The molecule has 0 radical (unpaired) electrons. The SMILES string of the molecule is CCNC(=NCCCN1CCN(c2cccc(C)c2)CC1)N1CCC(COCCOC)C1. The molecule has 1 atom stereocenters. The fourth-order valence-corrected chi connectivity index (χ4v) is 4.51. The highest BCUT2D eigenvalue weighted by atomic mass is 16.5. The van der Waals surface area contributed by atoms with Crippen molar-refractivity contribution in [3.63, 3.8) is 0 Å². The number of aryl methyl sites for hydroxylation is 1. The molecular weight excluding hydrogens is 402 g/mol. The average Bonchev–Trinajstić information content (AvgIpc) is 3.28. The molecule has 7 heteroatoms. The van der Waals surface area contributed by atoms with E-state index in [1.807, 2.05) is 0 Å². The van der Waals surface area contributed by atoms with Crippen molar-refractivity contribution in [2.75, 3.05) is 90.7 Å². The molecule has 2 saturated heterocycles. The molecule has 0 aromatic heterocycles. The molecule has 32 heavy (non-hydrogen) atoms. The molecule has 2 aliphatic rings. The number of hydrogen-bond donors (Lipinski definition) is 1. The summed E-state index contributed by atoms with van der Waals surface area (Å²) in [6.07, 6.45) is 2.28. The molecule has 0 spiro atoms. The number of methoxy groups -OCH3 is 1. The van der Waals surface area contributed by atoms with Crippen molar-refractivity contribution in [2.24, 2.45) is 10.9 Å². The first kappa shape index (κ1) is 24.8. The van der Waals surface area contributed by atoms with Crippen LogP contribution in [0.2, 0.25) is 0 Å². The minimum absolute atomic E-state index is 0.584. The lowest BCUT2D eigenvalue weighted by atomic mass is 10.1. The predicted octanol–water partition coefficient (Wildman–Crippen LogP) is 2.46. The smallest absolute Gasteiger partial charge is 0.193 e. The number of benzene rings is 1. The van der Waals surface area contributed by atoms with Crippen molar-refractivity contribution in [3.05, 3.63) is 29.8 Å². The molecular formula is C25H43N5O2. The van der Waals surface area contributed by atoms with Crippen LogP contribution in [0.4, 0.5) is 5.69 Å². The summed E-state index contributed by atoms with van der Waals surface area (Å²) in [5.41, 5.74) is 2.69. The Labute approximate surface area is 194 Å². The lowest BCUT2D eigenvalue weighted by molar-refractivity contribution is 0.0536. The fourth-order valence-electron chi connectivity index (χ4n) is 4.51. The van der Waals surface area contributed by atoms with Crippen LogP contribution in [0.25, 0.3) is 0 Å². The van der Waals surface area contributed by atoms with Crippen LogP contribution >= 0.6 is 0 Å². The molecule has 3 rings (SSSR count). The zero-order valence-corrected chi connectivity index (χ0v) is 20.4. The maximum atomic E-state index is 5.73. The van der Waals surface area contributed by atoms with Crippen LogP contribution in [0.15, 0.2) is 29.3 Å². The Morgan fingerprint density at radius 3 is 2.75 bits per heavy atom. The second kappa shape index (κ2) is 13.7. The summed E-state index contributed by atoms with van der Waals surface area (Å²) in [6, 6.07) is 8.85. The third-order valence-corrected chi connectivity index (χ3v) is 6.34. The lowest BCUT2D eigenvalue weighted by Crippen LogP contribution is -2.46. The zero-order valence-electron chi connectivity index (χ0n) is 20.4. The number of ether oxygens (including phenoxy) is 2. The summed E-state index contributed by atoms with van der Waals surface area (Å²) in [6.45, 7) is 16.0. The van der Waals surface area contributed by atoms with Crippen molar-refractivity contribution < 1.29 is 9.47 Å². The van der Waals surface area contributed by atoms with Gasteiger partial charge in [0, 0.05) is 77.6 Å². The first-order chi connectivity index (χ1) is 15.7. The van der Waals surface area contributed by atoms with Crippen LogP contribution < -0.4 is 10.2 Å². The lowest BCUT2D eigenvalue weighted by Gasteiger charge is -2.36. The molecule has 0 saturated carbocycles. The third-order valence-electron chi connectivity index (χ3n) is 6.34. The molecule has 2 heterocycles. The van der Waals surface area contributed by atoms with Crippen molar-refractivity contribution in [2.45, 2.75) is 26.7 Å². The van der Waals surface area contributed by atoms with E-state index in [0.717, 1.165) is 77.9 Å². The molecule has 0 bridgehead atoms. The second-order valence-corrected chi connectivity index (χ2v) is 8.93. The van der Waals surface area contributed by atoms with Gasteiger partial charge in [-0.15, -0.1) is 0 Å². The quantitative estimate of drug-likeness (QED) is 0.321. The number of piperazine rings is 1. The van der Waals surface area contributed by atoms with E-state index >= 15 is 0 Å². The van der Waals surface area contributed by atoms with E-state index in [0.29, 0.717) is 19.1 Å². The van der Waals surface area contributed by atoms with Crippen molar-refractivity contribution in [1.29, 1.82) is 0 Å². The summed E-state index contributed by atoms with van der Waals surface area (Å²) in [5, 5.41) is 3.48. The van der Waals surface area contributed by atoms with Gasteiger partial charge in [0.15, 0.2) is 5.96 Å². The third kappa shape index (κ3) is 7.94. The van der Waals surface area contributed by atoms with E-state index < -0.39 is 0 Å².